The van der Waals surface area contributed by atoms with Crippen LogP contribution in [-0.2, 0) is 19.0 Å². The van der Waals surface area contributed by atoms with E-state index >= 15 is 0 Å². The molecule has 0 saturated carbocycles. The highest BCUT2D eigenvalue weighted by Gasteiger charge is 2.30. The zero-order chi connectivity index (χ0) is 21.5. The SMILES string of the molecule is NC(=O)c1c(F)ccc2c1CCN2c1cc(Cc2cccc(C(F)(F)F)c2)ccn1. The van der Waals surface area contributed by atoms with Gasteiger partial charge < -0.3 is 10.6 Å². The van der Waals surface area contributed by atoms with Crippen molar-refractivity contribution < 1.29 is 22.4 Å². The lowest BCUT2D eigenvalue weighted by Gasteiger charge is -2.19. The van der Waals surface area contributed by atoms with E-state index in [2.05, 4.69) is 4.98 Å². The molecule has 4 rings (SSSR count). The lowest BCUT2D eigenvalue weighted by molar-refractivity contribution is -0.137. The van der Waals surface area contributed by atoms with Crippen LogP contribution in [0.4, 0.5) is 29.1 Å². The molecule has 0 spiro atoms. The van der Waals surface area contributed by atoms with Crippen molar-refractivity contribution in [2.24, 2.45) is 5.73 Å². The van der Waals surface area contributed by atoms with Gasteiger partial charge in [0.25, 0.3) is 5.91 Å². The number of aromatic nitrogens is 1. The second-order valence-electron chi connectivity index (χ2n) is 7.08. The minimum Gasteiger partial charge on any atom is -0.365 e. The summed E-state index contributed by atoms with van der Waals surface area (Å²) in [5, 5.41) is 0. The van der Waals surface area contributed by atoms with Crippen LogP contribution in [0.3, 0.4) is 0 Å². The minimum absolute atomic E-state index is 0.116. The van der Waals surface area contributed by atoms with Crippen LogP contribution in [0.1, 0.15) is 32.6 Å². The lowest BCUT2D eigenvalue weighted by Crippen LogP contribution is -2.16. The molecule has 0 saturated heterocycles. The zero-order valence-electron chi connectivity index (χ0n) is 15.7. The van der Waals surface area contributed by atoms with Gasteiger partial charge in [0.05, 0.1) is 11.1 Å². The molecule has 0 radical (unpaired) electrons. The molecule has 0 bridgehead atoms. The fraction of sp³-hybridized carbons (Fsp3) is 0.182. The van der Waals surface area contributed by atoms with E-state index in [0.29, 0.717) is 42.0 Å². The van der Waals surface area contributed by atoms with E-state index in [1.54, 1.807) is 30.5 Å². The molecule has 1 amide bonds. The van der Waals surface area contributed by atoms with E-state index in [1.165, 1.54) is 12.1 Å². The van der Waals surface area contributed by atoms with Crippen molar-refractivity contribution in [1.29, 1.82) is 0 Å². The number of rotatable bonds is 4. The Morgan fingerprint density at radius 3 is 2.60 bits per heavy atom. The fourth-order valence-electron chi connectivity index (χ4n) is 3.77. The number of hydrogen-bond donors (Lipinski definition) is 1. The van der Waals surface area contributed by atoms with Crippen LogP contribution >= 0.6 is 0 Å². The summed E-state index contributed by atoms with van der Waals surface area (Å²) in [6.07, 6.45) is -2.08. The third kappa shape index (κ3) is 3.72. The largest absolute Gasteiger partial charge is 0.416 e. The third-order valence-corrected chi connectivity index (χ3v) is 5.11. The highest BCUT2D eigenvalue weighted by atomic mass is 19.4. The van der Waals surface area contributed by atoms with Gasteiger partial charge in [0, 0.05) is 18.4 Å². The quantitative estimate of drug-likeness (QED) is 0.633. The molecule has 8 heteroatoms. The first kappa shape index (κ1) is 19.9. The number of primary amides is 1. The van der Waals surface area contributed by atoms with Crippen molar-refractivity contribution in [3.63, 3.8) is 0 Å². The van der Waals surface area contributed by atoms with Gasteiger partial charge in [0.15, 0.2) is 0 Å². The topological polar surface area (TPSA) is 59.2 Å². The first-order chi connectivity index (χ1) is 14.2. The lowest BCUT2D eigenvalue weighted by atomic mass is 10.0. The highest BCUT2D eigenvalue weighted by Crippen LogP contribution is 2.37. The number of nitrogens with two attached hydrogens (primary N) is 1. The maximum Gasteiger partial charge on any atom is 0.416 e. The summed E-state index contributed by atoms with van der Waals surface area (Å²) in [6.45, 7) is 0.485. The van der Waals surface area contributed by atoms with Gasteiger partial charge in [-0.25, -0.2) is 9.37 Å². The molecular formula is C22H17F4N3O. The number of alkyl halides is 3. The normalized spacial score (nSPS) is 13.4. The van der Waals surface area contributed by atoms with Crippen LogP contribution in [0.15, 0.2) is 54.7 Å². The first-order valence-electron chi connectivity index (χ1n) is 9.24. The van der Waals surface area contributed by atoms with Crippen LogP contribution in [0.2, 0.25) is 0 Å². The molecule has 0 fully saturated rings. The van der Waals surface area contributed by atoms with E-state index in [-0.39, 0.29) is 5.56 Å². The number of pyridine rings is 1. The Morgan fingerprint density at radius 1 is 1.10 bits per heavy atom. The number of halogens is 4. The van der Waals surface area contributed by atoms with E-state index in [4.69, 9.17) is 5.73 Å². The number of anilines is 2. The molecule has 0 unspecified atom stereocenters. The molecule has 1 aromatic heterocycles. The van der Waals surface area contributed by atoms with Gasteiger partial charge in [-0.05, 0) is 59.9 Å². The molecule has 0 aliphatic carbocycles. The van der Waals surface area contributed by atoms with E-state index < -0.39 is 23.5 Å². The summed E-state index contributed by atoms with van der Waals surface area (Å²) in [7, 11) is 0. The molecule has 4 nitrogen and oxygen atoms in total. The van der Waals surface area contributed by atoms with Gasteiger partial charge in [-0.3, -0.25) is 4.79 Å². The summed E-state index contributed by atoms with van der Waals surface area (Å²) < 4.78 is 52.9. The van der Waals surface area contributed by atoms with E-state index in [0.717, 1.165) is 17.7 Å². The van der Waals surface area contributed by atoms with Crippen LogP contribution in [-0.4, -0.2) is 17.4 Å². The molecule has 1 aliphatic heterocycles. The smallest absolute Gasteiger partial charge is 0.365 e. The van der Waals surface area contributed by atoms with Crippen LogP contribution in [0.25, 0.3) is 0 Å². The fourth-order valence-corrected chi connectivity index (χ4v) is 3.77. The number of hydrogen-bond acceptors (Lipinski definition) is 3. The number of carbonyl (C=O) groups excluding carboxylic acids is 1. The van der Waals surface area contributed by atoms with Crippen LogP contribution in [0.5, 0.6) is 0 Å². The molecule has 1 aliphatic rings. The van der Waals surface area contributed by atoms with Crippen molar-refractivity contribution in [2.75, 3.05) is 11.4 Å². The Labute approximate surface area is 170 Å². The Balaban J connectivity index is 1.64. The Bertz CT molecular complexity index is 1130. The van der Waals surface area contributed by atoms with Gasteiger partial charge in [-0.1, -0.05) is 18.2 Å². The van der Waals surface area contributed by atoms with Crippen molar-refractivity contribution in [1.82, 2.24) is 4.98 Å². The maximum atomic E-state index is 14.0. The second-order valence-corrected chi connectivity index (χ2v) is 7.08. The maximum absolute atomic E-state index is 14.0. The van der Waals surface area contributed by atoms with Crippen molar-refractivity contribution in [3.05, 3.63) is 88.4 Å². The monoisotopic (exact) mass is 415 g/mol. The molecule has 2 heterocycles. The minimum atomic E-state index is -4.40. The molecule has 2 aromatic carbocycles. The Kier molecular flexibility index (Phi) is 4.93. The standard InChI is InChI=1S/C22H17F4N3O/c23-17-4-5-18-16(20(17)21(27)30)7-9-29(18)19-12-14(6-8-28-19)10-13-2-1-3-15(11-13)22(24,25)26/h1-6,8,11-12H,7,9-10H2,(H2,27,30). The third-order valence-electron chi connectivity index (χ3n) is 5.11. The van der Waals surface area contributed by atoms with Crippen LogP contribution in [0, 0.1) is 5.82 Å². The summed E-state index contributed by atoms with van der Waals surface area (Å²) >= 11 is 0. The van der Waals surface area contributed by atoms with E-state index in [9.17, 15) is 22.4 Å². The molecule has 30 heavy (non-hydrogen) atoms. The van der Waals surface area contributed by atoms with Crippen LogP contribution < -0.4 is 10.6 Å². The number of benzene rings is 2. The Hall–Kier alpha value is -3.42. The van der Waals surface area contributed by atoms with Crippen molar-refractivity contribution in [3.8, 4) is 0 Å². The van der Waals surface area contributed by atoms with Gasteiger partial charge in [-0.2, -0.15) is 13.2 Å². The summed E-state index contributed by atoms with van der Waals surface area (Å²) in [4.78, 5) is 17.8. The number of fused-ring (bicyclic) bond motifs is 1. The average Bonchev–Trinajstić information content (AvgIpc) is 3.11. The van der Waals surface area contributed by atoms with Gasteiger partial charge in [-0.15, -0.1) is 0 Å². The molecule has 0 atom stereocenters. The number of amides is 1. The van der Waals surface area contributed by atoms with Crippen molar-refractivity contribution >= 4 is 17.4 Å². The highest BCUT2D eigenvalue weighted by molar-refractivity contribution is 5.97. The van der Waals surface area contributed by atoms with Gasteiger partial charge in [0.1, 0.15) is 11.6 Å². The summed E-state index contributed by atoms with van der Waals surface area (Å²) in [5.74, 6) is -0.910. The number of nitrogens with zero attached hydrogens (tertiary/aromatic N) is 2. The first-order valence-corrected chi connectivity index (χ1v) is 9.24. The molecule has 3 aromatic rings. The Morgan fingerprint density at radius 2 is 1.87 bits per heavy atom. The second kappa shape index (κ2) is 7.44. The summed E-state index contributed by atoms with van der Waals surface area (Å²) in [5.41, 5.74) is 7.02. The predicted octanol–water partition coefficient (Wildman–Crippen LogP) is 4.62. The van der Waals surface area contributed by atoms with E-state index in [1.807, 2.05) is 4.90 Å². The molecule has 2 N–H and O–H groups in total. The summed E-state index contributed by atoms with van der Waals surface area (Å²) in [6, 6.07) is 11.5. The van der Waals surface area contributed by atoms with Crippen molar-refractivity contribution in [2.45, 2.75) is 19.0 Å². The number of carbonyl (C=O) groups is 1. The van der Waals surface area contributed by atoms with Gasteiger partial charge in [0.2, 0.25) is 0 Å². The zero-order valence-corrected chi connectivity index (χ0v) is 15.7. The predicted molar refractivity (Wildman–Crippen MR) is 104 cm³/mol. The average molecular weight is 415 g/mol. The van der Waals surface area contributed by atoms with Gasteiger partial charge >= 0.3 is 6.18 Å². The molecular weight excluding hydrogens is 398 g/mol. The molecule has 154 valence electrons.